The molecule has 0 spiro atoms. The number of aryl methyl sites for hydroxylation is 1. The first-order chi connectivity index (χ1) is 20.0. The molecule has 5 rings (SSSR count). The molecule has 1 aliphatic carbocycles. The van der Waals surface area contributed by atoms with Crippen LogP contribution < -0.4 is 10.1 Å². The Morgan fingerprint density at radius 2 is 1.63 bits per heavy atom. The van der Waals surface area contributed by atoms with Gasteiger partial charge in [0.15, 0.2) is 6.61 Å². The van der Waals surface area contributed by atoms with Gasteiger partial charge in [-0.05, 0) is 63.7 Å². The Balaban J connectivity index is 1.43. The number of hydrogen-bond acceptors (Lipinski definition) is 3. The highest BCUT2D eigenvalue weighted by atomic mass is 79.9. The van der Waals surface area contributed by atoms with Crippen LogP contribution in [0.15, 0.2) is 95.5 Å². The Labute approximate surface area is 251 Å². The van der Waals surface area contributed by atoms with Crippen LogP contribution in [0.4, 0.5) is 0 Å². The van der Waals surface area contributed by atoms with E-state index in [0.29, 0.717) is 18.7 Å². The van der Waals surface area contributed by atoms with Gasteiger partial charge in [-0.1, -0.05) is 110 Å². The number of rotatable bonds is 10. The number of hydrogen-bond donors (Lipinski definition) is 1. The van der Waals surface area contributed by atoms with E-state index in [1.165, 1.54) is 6.42 Å². The summed E-state index contributed by atoms with van der Waals surface area (Å²) in [5.74, 6) is 0.263. The highest BCUT2D eigenvalue weighted by Gasteiger charge is 2.32. The lowest BCUT2D eigenvalue weighted by atomic mass is 9.94. The van der Waals surface area contributed by atoms with Crippen LogP contribution in [-0.4, -0.2) is 35.4 Å². The molecule has 0 bridgehead atoms. The lowest BCUT2D eigenvalue weighted by Crippen LogP contribution is -2.53. The third-order valence-corrected chi connectivity index (χ3v) is 8.66. The van der Waals surface area contributed by atoms with Crippen LogP contribution in [0.5, 0.6) is 5.75 Å². The average Bonchev–Trinajstić information content (AvgIpc) is 2.99. The van der Waals surface area contributed by atoms with E-state index in [4.69, 9.17) is 4.74 Å². The first kappa shape index (κ1) is 28.9. The van der Waals surface area contributed by atoms with E-state index in [-0.39, 0.29) is 24.5 Å². The molecule has 212 valence electrons. The summed E-state index contributed by atoms with van der Waals surface area (Å²) in [6.45, 7) is 2.18. The molecule has 5 nitrogen and oxygen atoms in total. The summed E-state index contributed by atoms with van der Waals surface area (Å²) in [6, 6.07) is 29.4. The van der Waals surface area contributed by atoms with Gasteiger partial charge in [-0.15, -0.1) is 0 Å². The van der Waals surface area contributed by atoms with Crippen molar-refractivity contribution in [2.45, 2.75) is 64.1 Å². The molecule has 0 radical (unpaired) electrons. The number of nitrogens with zero attached hydrogens (tertiary/aromatic N) is 1. The molecule has 0 aromatic heterocycles. The number of nitrogens with one attached hydrogen (secondary N) is 1. The molecule has 0 saturated heterocycles. The first-order valence-electron chi connectivity index (χ1n) is 14.5. The Morgan fingerprint density at radius 3 is 2.41 bits per heavy atom. The third-order valence-electron chi connectivity index (χ3n) is 7.84. The largest absolute Gasteiger partial charge is 0.483 e. The van der Waals surface area contributed by atoms with Crippen molar-refractivity contribution in [1.82, 2.24) is 10.2 Å². The molecule has 41 heavy (non-hydrogen) atoms. The molecule has 4 aromatic carbocycles. The van der Waals surface area contributed by atoms with Crippen LogP contribution >= 0.6 is 15.9 Å². The molecule has 1 saturated carbocycles. The summed E-state index contributed by atoms with van der Waals surface area (Å²) in [5, 5.41) is 5.39. The number of carbonyl (C=O) groups is 2. The number of carbonyl (C=O) groups excluding carboxylic acids is 2. The topological polar surface area (TPSA) is 58.6 Å². The Kier molecular flexibility index (Phi) is 9.73. The maximum Gasteiger partial charge on any atom is 0.261 e. The van der Waals surface area contributed by atoms with Crippen molar-refractivity contribution in [3.8, 4) is 5.75 Å². The predicted octanol–water partition coefficient (Wildman–Crippen LogP) is 7.38. The van der Waals surface area contributed by atoms with Crippen molar-refractivity contribution >= 4 is 38.5 Å². The van der Waals surface area contributed by atoms with Gasteiger partial charge in [0.2, 0.25) is 5.91 Å². The zero-order valence-electron chi connectivity index (χ0n) is 23.5. The normalized spacial score (nSPS) is 14.4. The molecule has 1 fully saturated rings. The molecule has 2 amide bonds. The number of halogens is 1. The fourth-order valence-corrected chi connectivity index (χ4v) is 6.26. The molecule has 0 aliphatic heterocycles. The summed E-state index contributed by atoms with van der Waals surface area (Å²) in [5.41, 5.74) is 3.10. The first-order valence-corrected chi connectivity index (χ1v) is 15.3. The van der Waals surface area contributed by atoms with Gasteiger partial charge >= 0.3 is 0 Å². The molecule has 6 heteroatoms. The fraction of sp³-hybridized carbons (Fsp3) is 0.314. The van der Waals surface area contributed by atoms with Crippen molar-refractivity contribution in [1.29, 1.82) is 0 Å². The van der Waals surface area contributed by atoms with Crippen molar-refractivity contribution in [2.24, 2.45) is 0 Å². The van der Waals surface area contributed by atoms with Crippen LogP contribution in [0.25, 0.3) is 10.8 Å². The predicted molar refractivity (Wildman–Crippen MR) is 168 cm³/mol. The van der Waals surface area contributed by atoms with E-state index in [9.17, 15) is 9.59 Å². The van der Waals surface area contributed by atoms with Crippen LogP contribution in [-0.2, 0) is 22.6 Å². The summed E-state index contributed by atoms with van der Waals surface area (Å²) in [4.78, 5) is 29.7. The molecule has 1 N–H and O–H groups in total. The van der Waals surface area contributed by atoms with E-state index in [0.717, 1.165) is 57.6 Å². The van der Waals surface area contributed by atoms with E-state index in [1.807, 2.05) is 91.9 Å². The standard InChI is InChI=1S/C35H37BrN2O3/c1-25-11-10-14-27(21-25)23-38(33(39)24-41-32-20-19-28-15-8-9-18-30(28)34(32)36)31(22-26-12-4-2-5-13-26)35(40)37-29-16-6-3-7-17-29/h2,4-5,8-15,18-21,29,31H,3,6-7,16-17,22-24H2,1H3,(H,37,40). The monoisotopic (exact) mass is 612 g/mol. The molecule has 1 unspecified atom stereocenters. The van der Waals surface area contributed by atoms with Crippen molar-refractivity contribution < 1.29 is 14.3 Å². The Morgan fingerprint density at radius 1 is 0.902 bits per heavy atom. The zero-order chi connectivity index (χ0) is 28.6. The molecule has 4 aromatic rings. The second-order valence-electron chi connectivity index (χ2n) is 10.9. The average molecular weight is 614 g/mol. The van der Waals surface area contributed by atoms with Crippen molar-refractivity contribution in [3.63, 3.8) is 0 Å². The number of benzene rings is 4. The van der Waals surface area contributed by atoms with Crippen LogP contribution in [0.2, 0.25) is 0 Å². The summed E-state index contributed by atoms with van der Waals surface area (Å²) in [6.07, 6.45) is 5.84. The van der Waals surface area contributed by atoms with Crippen LogP contribution in [0.3, 0.4) is 0 Å². The van der Waals surface area contributed by atoms with Gasteiger partial charge in [-0.2, -0.15) is 0 Å². The number of ether oxygens (including phenoxy) is 1. The van der Waals surface area contributed by atoms with Gasteiger partial charge in [0.25, 0.3) is 5.91 Å². The van der Waals surface area contributed by atoms with Gasteiger partial charge in [-0.25, -0.2) is 0 Å². The fourth-order valence-electron chi connectivity index (χ4n) is 5.65. The van der Waals surface area contributed by atoms with Gasteiger partial charge in [0.1, 0.15) is 11.8 Å². The maximum atomic E-state index is 14.0. The molecular weight excluding hydrogens is 576 g/mol. The molecule has 0 heterocycles. The molecular formula is C35H37BrN2O3. The minimum absolute atomic E-state index is 0.103. The lowest BCUT2D eigenvalue weighted by Gasteiger charge is -2.33. The Bertz CT molecular complexity index is 1480. The Hall–Kier alpha value is -3.64. The zero-order valence-corrected chi connectivity index (χ0v) is 25.1. The summed E-state index contributed by atoms with van der Waals surface area (Å²) in [7, 11) is 0. The second kappa shape index (κ2) is 13.8. The SMILES string of the molecule is Cc1cccc(CN(C(=O)COc2ccc3ccccc3c2Br)C(Cc2ccccc2)C(=O)NC2CCCCC2)c1. The second-order valence-corrected chi connectivity index (χ2v) is 11.7. The third kappa shape index (κ3) is 7.56. The summed E-state index contributed by atoms with van der Waals surface area (Å²) < 4.78 is 6.92. The summed E-state index contributed by atoms with van der Waals surface area (Å²) >= 11 is 3.67. The van der Waals surface area contributed by atoms with Crippen molar-refractivity contribution in [3.05, 3.63) is 112 Å². The number of amides is 2. The van der Waals surface area contributed by atoms with E-state index < -0.39 is 6.04 Å². The molecule has 1 atom stereocenters. The minimum Gasteiger partial charge on any atom is -0.483 e. The van der Waals surface area contributed by atoms with Crippen LogP contribution in [0, 0.1) is 6.92 Å². The highest BCUT2D eigenvalue weighted by Crippen LogP contribution is 2.33. The smallest absolute Gasteiger partial charge is 0.261 e. The van der Waals surface area contributed by atoms with E-state index in [2.05, 4.69) is 27.3 Å². The van der Waals surface area contributed by atoms with E-state index >= 15 is 0 Å². The molecule has 1 aliphatic rings. The highest BCUT2D eigenvalue weighted by molar-refractivity contribution is 9.10. The van der Waals surface area contributed by atoms with E-state index in [1.54, 1.807) is 4.90 Å². The maximum absolute atomic E-state index is 14.0. The van der Waals surface area contributed by atoms with Gasteiger partial charge in [0.05, 0.1) is 4.47 Å². The van der Waals surface area contributed by atoms with Gasteiger partial charge in [-0.3, -0.25) is 9.59 Å². The minimum atomic E-state index is -0.670. The van der Waals surface area contributed by atoms with Gasteiger partial charge in [0, 0.05) is 19.0 Å². The van der Waals surface area contributed by atoms with Crippen LogP contribution in [0.1, 0.15) is 48.8 Å². The van der Waals surface area contributed by atoms with Gasteiger partial charge < -0.3 is 15.0 Å². The van der Waals surface area contributed by atoms with Crippen molar-refractivity contribution in [2.75, 3.05) is 6.61 Å². The quantitative estimate of drug-likeness (QED) is 0.203. The lowest BCUT2D eigenvalue weighted by molar-refractivity contribution is -0.143. The number of fused-ring (bicyclic) bond motifs is 1.